The maximum Gasteiger partial charge on any atom is 0.243 e. The van der Waals surface area contributed by atoms with Crippen molar-refractivity contribution in [1.29, 1.82) is 0 Å². The molecule has 116 valence electrons. The van der Waals surface area contributed by atoms with E-state index in [1.54, 1.807) is 30.3 Å². The average molecular weight is 308 g/mol. The molecule has 0 unspecified atom stereocenters. The summed E-state index contributed by atoms with van der Waals surface area (Å²) in [5.74, 6) is 1.54. The van der Waals surface area contributed by atoms with Gasteiger partial charge < -0.3 is 15.5 Å². The summed E-state index contributed by atoms with van der Waals surface area (Å²) >= 11 is 1.76. The maximum atomic E-state index is 11.6. The largest absolute Gasteiger partial charge is 0.356 e. The highest BCUT2D eigenvalue weighted by Crippen LogP contribution is 2.27. The van der Waals surface area contributed by atoms with Crippen molar-refractivity contribution in [2.75, 3.05) is 33.7 Å². The number of hydrogen-bond acceptors (Lipinski definition) is 3. The van der Waals surface area contributed by atoms with Crippen LogP contribution in [0.4, 0.5) is 0 Å². The SMILES string of the molecule is CN(C)C(=O)CN=C(NCCc1cccs1)NCC1CC1. The van der Waals surface area contributed by atoms with Gasteiger partial charge in [-0.05, 0) is 36.6 Å². The van der Waals surface area contributed by atoms with Crippen LogP contribution >= 0.6 is 11.3 Å². The number of nitrogens with one attached hydrogen (secondary N) is 2. The molecule has 1 aromatic rings. The van der Waals surface area contributed by atoms with Gasteiger partial charge in [0.25, 0.3) is 0 Å². The molecule has 1 aliphatic carbocycles. The van der Waals surface area contributed by atoms with Gasteiger partial charge >= 0.3 is 0 Å². The third kappa shape index (κ3) is 6.16. The van der Waals surface area contributed by atoms with Crippen LogP contribution in [0.3, 0.4) is 0 Å². The van der Waals surface area contributed by atoms with Crippen LogP contribution in [0.5, 0.6) is 0 Å². The number of likely N-dealkylation sites (N-methyl/N-ethyl adjacent to an activating group) is 1. The molecule has 0 atom stereocenters. The normalized spacial score (nSPS) is 14.9. The third-order valence-electron chi connectivity index (χ3n) is 3.37. The fourth-order valence-corrected chi connectivity index (χ4v) is 2.49. The zero-order valence-corrected chi connectivity index (χ0v) is 13.6. The Kier molecular flexibility index (Phi) is 6.04. The standard InChI is InChI=1S/C15H24N4OS/c1-19(2)14(20)11-18-15(17-10-12-5-6-12)16-8-7-13-4-3-9-21-13/h3-4,9,12H,5-8,10-11H2,1-2H3,(H2,16,17,18). The van der Waals surface area contributed by atoms with E-state index < -0.39 is 0 Å². The van der Waals surface area contributed by atoms with Crippen LogP contribution in [0.15, 0.2) is 22.5 Å². The van der Waals surface area contributed by atoms with E-state index in [9.17, 15) is 4.79 Å². The molecular formula is C15H24N4OS. The van der Waals surface area contributed by atoms with E-state index in [0.717, 1.165) is 31.4 Å². The fraction of sp³-hybridized carbons (Fsp3) is 0.600. The number of carbonyl (C=O) groups excluding carboxylic acids is 1. The zero-order valence-electron chi connectivity index (χ0n) is 12.8. The molecule has 1 saturated carbocycles. The minimum absolute atomic E-state index is 0.0146. The lowest BCUT2D eigenvalue weighted by molar-refractivity contribution is -0.127. The van der Waals surface area contributed by atoms with Crippen molar-refractivity contribution < 1.29 is 4.79 Å². The Labute approximate surface area is 130 Å². The summed E-state index contributed by atoms with van der Waals surface area (Å²) in [7, 11) is 3.50. The first-order chi connectivity index (χ1) is 10.1. The number of nitrogens with zero attached hydrogens (tertiary/aromatic N) is 2. The van der Waals surface area contributed by atoms with Crippen molar-refractivity contribution in [2.24, 2.45) is 10.9 Å². The Morgan fingerprint density at radius 3 is 2.86 bits per heavy atom. The van der Waals surface area contributed by atoms with E-state index >= 15 is 0 Å². The van der Waals surface area contributed by atoms with Crippen molar-refractivity contribution >= 4 is 23.2 Å². The van der Waals surface area contributed by atoms with Gasteiger partial charge in [-0.2, -0.15) is 0 Å². The Morgan fingerprint density at radius 1 is 1.43 bits per heavy atom. The maximum absolute atomic E-state index is 11.6. The predicted octanol–water partition coefficient (Wildman–Crippen LogP) is 1.32. The highest BCUT2D eigenvalue weighted by Gasteiger charge is 2.21. The number of aliphatic imine (C=N–C) groups is 1. The van der Waals surface area contributed by atoms with Crippen molar-refractivity contribution in [1.82, 2.24) is 15.5 Å². The van der Waals surface area contributed by atoms with E-state index in [1.807, 2.05) is 0 Å². The van der Waals surface area contributed by atoms with Gasteiger partial charge in [0.1, 0.15) is 6.54 Å². The quantitative estimate of drug-likeness (QED) is 0.590. The lowest BCUT2D eigenvalue weighted by Crippen LogP contribution is -2.40. The monoisotopic (exact) mass is 308 g/mol. The van der Waals surface area contributed by atoms with Crippen LogP contribution in [-0.4, -0.2) is 50.5 Å². The Balaban J connectivity index is 1.78. The Bertz CT molecular complexity index is 466. The molecule has 5 nitrogen and oxygen atoms in total. The number of thiophene rings is 1. The van der Waals surface area contributed by atoms with Crippen molar-refractivity contribution in [3.63, 3.8) is 0 Å². The van der Waals surface area contributed by atoms with E-state index in [2.05, 4.69) is 33.1 Å². The fourth-order valence-electron chi connectivity index (χ4n) is 1.78. The molecule has 0 spiro atoms. The molecule has 0 radical (unpaired) electrons. The van der Waals surface area contributed by atoms with Crippen LogP contribution in [0.1, 0.15) is 17.7 Å². The first-order valence-electron chi connectivity index (χ1n) is 7.40. The second kappa shape index (κ2) is 8.02. The summed E-state index contributed by atoms with van der Waals surface area (Å²) < 4.78 is 0. The first-order valence-corrected chi connectivity index (χ1v) is 8.28. The molecule has 1 aliphatic rings. The van der Waals surface area contributed by atoms with Crippen LogP contribution in [0.2, 0.25) is 0 Å². The van der Waals surface area contributed by atoms with Crippen LogP contribution in [0.25, 0.3) is 0 Å². The molecule has 6 heteroatoms. The van der Waals surface area contributed by atoms with Crippen molar-refractivity contribution in [2.45, 2.75) is 19.3 Å². The number of rotatable bonds is 7. The lowest BCUT2D eigenvalue weighted by atomic mass is 10.3. The zero-order chi connectivity index (χ0) is 15.1. The number of amides is 1. The van der Waals surface area contributed by atoms with Crippen molar-refractivity contribution in [3.05, 3.63) is 22.4 Å². The smallest absolute Gasteiger partial charge is 0.243 e. The molecule has 2 N–H and O–H groups in total. The third-order valence-corrected chi connectivity index (χ3v) is 4.31. The molecular weight excluding hydrogens is 284 g/mol. The van der Waals surface area contributed by atoms with Gasteiger partial charge in [-0.25, -0.2) is 4.99 Å². The molecule has 21 heavy (non-hydrogen) atoms. The lowest BCUT2D eigenvalue weighted by Gasteiger charge is -2.13. The molecule has 1 fully saturated rings. The summed E-state index contributed by atoms with van der Waals surface area (Å²) in [5.41, 5.74) is 0. The van der Waals surface area contributed by atoms with Gasteiger partial charge in [0.15, 0.2) is 5.96 Å². The molecule has 0 saturated heterocycles. The van der Waals surface area contributed by atoms with E-state index in [-0.39, 0.29) is 12.5 Å². The molecule has 0 aromatic carbocycles. The van der Waals surface area contributed by atoms with Gasteiger partial charge in [-0.3, -0.25) is 4.79 Å². The summed E-state index contributed by atoms with van der Waals surface area (Å²) in [6, 6.07) is 4.20. The molecule has 0 aliphatic heterocycles. The highest BCUT2D eigenvalue weighted by molar-refractivity contribution is 7.09. The number of guanidine groups is 1. The predicted molar refractivity (Wildman–Crippen MR) is 87.7 cm³/mol. The van der Waals surface area contributed by atoms with Gasteiger partial charge in [0.2, 0.25) is 5.91 Å². The van der Waals surface area contributed by atoms with Gasteiger partial charge in [0.05, 0.1) is 0 Å². The van der Waals surface area contributed by atoms with E-state index in [0.29, 0.717) is 0 Å². The second-order valence-electron chi connectivity index (χ2n) is 5.53. The van der Waals surface area contributed by atoms with E-state index in [1.165, 1.54) is 17.7 Å². The van der Waals surface area contributed by atoms with E-state index in [4.69, 9.17) is 0 Å². The molecule has 0 bridgehead atoms. The summed E-state index contributed by atoms with van der Waals surface area (Å²) in [4.78, 5) is 18.9. The second-order valence-corrected chi connectivity index (χ2v) is 6.57. The summed E-state index contributed by atoms with van der Waals surface area (Å²) in [5, 5.41) is 8.73. The van der Waals surface area contributed by atoms with Crippen LogP contribution in [-0.2, 0) is 11.2 Å². The first kappa shape index (κ1) is 15.8. The number of hydrogen-bond donors (Lipinski definition) is 2. The molecule has 1 heterocycles. The number of carbonyl (C=O) groups is 1. The average Bonchev–Trinajstić information content (AvgIpc) is 3.15. The van der Waals surface area contributed by atoms with Crippen LogP contribution in [0, 0.1) is 5.92 Å². The Morgan fingerprint density at radius 2 is 2.24 bits per heavy atom. The Hall–Kier alpha value is -1.56. The van der Waals surface area contributed by atoms with Gasteiger partial charge in [0, 0.05) is 32.1 Å². The molecule has 1 aromatic heterocycles. The van der Waals surface area contributed by atoms with Gasteiger partial charge in [-0.15, -0.1) is 11.3 Å². The van der Waals surface area contributed by atoms with Crippen molar-refractivity contribution in [3.8, 4) is 0 Å². The molecule has 1 amide bonds. The minimum atomic E-state index is 0.0146. The molecule has 2 rings (SSSR count). The highest BCUT2D eigenvalue weighted by atomic mass is 32.1. The minimum Gasteiger partial charge on any atom is -0.356 e. The van der Waals surface area contributed by atoms with Gasteiger partial charge in [-0.1, -0.05) is 6.07 Å². The topological polar surface area (TPSA) is 56.7 Å². The summed E-state index contributed by atoms with van der Waals surface area (Å²) in [6.07, 6.45) is 3.57. The van der Waals surface area contributed by atoms with Crippen LogP contribution < -0.4 is 10.6 Å². The summed E-state index contributed by atoms with van der Waals surface area (Å²) in [6.45, 7) is 1.96.